The van der Waals surface area contributed by atoms with Crippen LogP contribution in [-0.4, -0.2) is 34.3 Å². The minimum Gasteiger partial charge on any atom is -0.366 e. The summed E-state index contributed by atoms with van der Waals surface area (Å²) in [5, 5.41) is 8.06. The van der Waals surface area contributed by atoms with Gasteiger partial charge in [-0.3, -0.25) is 0 Å². The highest BCUT2D eigenvalue weighted by atomic mass is 15.3. The Labute approximate surface area is 126 Å². The van der Waals surface area contributed by atoms with Crippen molar-refractivity contribution >= 4 is 5.82 Å². The Kier molecular flexibility index (Phi) is 4.55. The van der Waals surface area contributed by atoms with Crippen molar-refractivity contribution in [2.24, 2.45) is 0 Å². The van der Waals surface area contributed by atoms with Gasteiger partial charge in [-0.1, -0.05) is 37.3 Å². The summed E-state index contributed by atoms with van der Waals surface area (Å²) in [5.41, 5.74) is 1.30. The van der Waals surface area contributed by atoms with E-state index in [0.29, 0.717) is 6.04 Å². The number of aromatic nitrogens is 2. The van der Waals surface area contributed by atoms with E-state index >= 15 is 0 Å². The molecular weight excluding hydrogens is 260 g/mol. The molecule has 1 N–H and O–H groups in total. The minimum atomic E-state index is 0.529. The maximum atomic E-state index is 4.54. The second-order valence-electron chi connectivity index (χ2n) is 5.67. The van der Waals surface area contributed by atoms with Crippen LogP contribution in [0.4, 0.5) is 5.82 Å². The Morgan fingerprint density at radius 3 is 2.62 bits per heavy atom. The molecule has 1 aliphatic heterocycles. The average molecular weight is 284 g/mol. The van der Waals surface area contributed by atoms with Crippen molar-refractivity contribution in [1.82, 2.24) is 14.7 Å². The molecule has 2 aromatic rings. The van der Waals surface area contributed by atoms with E-state index < -0.39 is 0 Å². The van der Waals surface area contributed by atoms with Crippen LogP contribution < -0.4 is 5.32 Å². The number of piperidine rings is 1. The molecule has 3 rings (SSSR count). The van der Waals surface area contributed by atoms with Crippen LogP contribution >= 0.6 is 0 Å². The molecular formula is C17H24N4. The van der Waals surface area contributed by atoms with Crippen LogP contribution in [0.25, 0.3) is 0 Å². The van der Waals surface area contributed by atoms with Crippen molar-refractivity contribution < 1.29 is 0 Å². The van der Waals surface area contributed by atoms with Gasteiger partial charge in [0.15, 0.2) is 0 Å². The lowest BCUT2D eigenvalue weighted by atomic mass is 10.1. The molecule has 1 aromatic carbocycles. The first-order chi connectivity index (χ1) is 10.4. The number of rotatable bonds is 5. The van der Waals surface area contributed by atoms with Gasteiger partial charge in [-0.2, -0.15) is 5.10 Å². The average Bonchev–Trinajstić information content (AvgIpc) is 3.02. The summed E-state index contributed by atoms with van der Waals surface area (Å²) in [4.78, 5) is 2.51. The van der Waals surface area contributed by atoms with Crippen LogP contribution in [-0.2, 0) is 6.54 Å². The molecule has 2 heterocycles. The highest BCUT2D eigenvalue weighted by Crippen LogP contribution is 2.25. The molecule has 0 bridgehead atoms. The van der Waals surface area contributed by atoms with Gasteiger partial charge in [0.25, 0.3) is 0 Å². The summed E-state index contributed by atoms with van der Waals surface area (Å²) < 4.78 is 2.18. The number of nitrogens with zero attached hydrogens (tertiary/aromatic N) is 3. The molecule has 112 valence electrons. The number of nitrogens with one attached hydrogen (secondary N) is 1. The van der Waals surface area contributed by atoms with E-state index in [1.165, 1.54) is 31.5 Å². The molecule has 0 amide bonds. The molecule has 0 radical (unpaired) electrons. The van der Waals surface area contributed by atoms with Gasteiger partial charge >= 0.3 is 0 Å². The topological polar surface area (TPSA) is 33.1 Å². The third kappa shape index (κ3) is 3.45. The fourth-order valence-corrected chi connectivity index (χ4v) is 3.01. The van der Waals surface area contributed by atoms with E-state index in [0.717, 1.165) is 18.9 Å². The first-order valence-electron chi connectivity index (χ1n) is 7.90. The highest BCUT2D eigenvalue weighted by molar-refractivity contribution is 5.36. The molecule has 1 aromatic heterocycles. The molecule has 0 saturated carbocycles. The standard InChI is InChI=1S/C17H24N4/c1-2-20-12-9-16(10-13-20)21-17(8-11-19-21)18-14-15-6-4-3-5-7-15/h3-8,11,16,18H,2,9-10,12-14H2,1H3. The lowest BCUT2D eigenvalue weighted by Crippen LogP contribution is -2.34. The van der Waals surface area contributed by atoms with Gasteiger partial charge in [-0.25, -0.2) is 4.68 Å². The summed E-state index contributed by atoms with van der Waals surface area (Å²) in [6, 6.07) is 13.1. The minimum absolute atomic E-state index is 0.529. The van der Waals surface area contributed by atoms with Gasteiger partial charge in [-0.05, 0) is 24.9 Å². The van der Waals surface area contributed by atoms with Crippen LogP contribution in [0, 0.1) is 0 Å². The normalized spacial score (nSPS) is 17.0. The van der Waals surface area contributed by atoms with Crippen LogP contribution in [0.15, 0.2) is 42.6 Å². The van der Waals surface area contributed by atoms with Gasteiger partial charge in [-0.15, -0.1) is 0 Å². The van der Waals surface area contributed by atoms with Crippen LogP contribution in [0.3, 0.4) is 0 Å². The Hall–Kier alpha value is -1.81. The summed E-state index contributed by atoms with van der Waals surface area (Å²) in [6.45, 7) is 6.60. The summed E-state index contributed by atoms with van der Waals surface area (Å²) >= 11 is 0. The second-order valence-corrected chi connectivity index (χ2v) is 5.67. The van der Waals surface area contributed by atoms with E-state index in [1.807, 2.05) is 6.20 Å². The number of hydrogen-bond donors (Lipinski definition) is 1. The maximum Gasteiger partial charge on any atom is 0.124 e. The number of likely N-dealkylation sites (tertiary alicyclic amines) is 1. The van der Waals surface area contributed by atoms with Crippen molar-refractivity contribution in [2.45, 2.75) is 32.4 Å². The molecule has 21 heavy (non-hydrogen) atoms. The van der Waals surface area contributed by atoms with Gasteiger partial charge in [0, 0.05) is 25.7 Å². The highest BCUT2D eigenvalue weighted by Gasteiger charge is 2.21. The van der Waals surface area contributed by atoms with E-state index in [9.17, 15) is 0 Å². The Morgan fingerprint density at radius 2 is 1.90 bits per heavy atom. The molecule has 1 aliphatic rings. The number of hydrogen-bond acceptors (Lipinski definition) is 3. The lowest BCUT2D eigenvalue weighted by molar-refractivity contribution is 0.188. The molecule has 4 heteroatoms. The largest absolute Gasteiger partial charge is 0.366 e. The van der Waals surface area contributed by atoms with E-state index in [1.54, 1.807) is 0 Å². The number of benzene rings is 1. The summed E-state index contributed by atoms with van der Waals surface area (Å²) in [5.74, 6) is 1.13. The smallest absolute Gasteiger partial charge is 0.124 e. The maximum absolute atomic E-state index is 4.54. The zero-order chi connectivity index (χ0) is 14.5. The Balaban J connectivity index is 1.62. The predicted octanol–water partition coefficient (Wildman–Crippen LogP) is 3.15. The van der Waals surface area contributed by atoms with E-state index in [-0.39, 0.29) is 0 Å². The fraction of sp³-hybridized carbons (Fsp3) is 0.471. The second kappa shape index (κ2) is 6.76. The summed E-state index contributed by atoms with van der Waals surface area (Å²) in [7, 11) is 0. The molecule has 0 unspecified atom stereocenters. The van der Waals surface area contributed by atoms with E-state index in [4.69, 9.17) is 0 Å². The van der Waals surface area contributed by atoms with Crippen molar-refractivity contribution in [3.05, 3.63) is 48.2 Å². The van der Waals surface area contributed by atoms with Crippen LogP contribution in [0.1, 0.15) is 31.4 Å². The molecule has 0 atom stereocenters. The third-order valence-corrected chi connectivity index (χ3v) is 4.34. The van der Waals surface area contributed by atoms with Gasteiger partial charge < -0.3 is 10.2 Å². The first-order valence-corrected chi connectivity index (χ1v) is 7.90. The Morgan fingerprint density at radius 1 is 1.14 bits per heavy atom. The van der Waals surface area contributed by atoms with E-state index in [2.05, 4.69) is 63.3 Å². The SMILES string of the molecule is CCN1CCC(n2nccc2NCc2ccccc2)CC1. The van der Waals surface area contributed by atoms with Crippen molar-refractivity contribution in [2.75, 3.05) is 25.0 Å². The van der Waals surface area contributed by atoms with Gasteiger partial charge in [0.1, 0.15) is 5.82 Å². The predicted molar refractivity (Wildman–Crippen MR) is 86.4 cm³/mol. The van der Waals surface area contributed by atoms with Crippen molar-refractivity contribution in [1.29, 1.82) is 0 Å². The number of anilines is 1. The molecule has 0 spiro atoms. The molecule has 4 nitrogen and oxygen atoms in total. The fourth-order valence-electron chi connectivity index (χ4n) is 3.01. The lowest BCUT2D eigenvalue weighted by Gasteiger charge is -2.31. The Bertz CT molecular complexity index is 541. The monoisotopic (exact) mass is 284 g/mol. The molecule has 1 fully saturated rings. The quantitative estimate of drug-likeness (QED) is 0.915. The van der Waals surface area contributed by atoms with Crippen molar-refractivity contribution in [3.8, 4) is 0 Å². The first kappa shape index (κ1) is 14.1. The zero-order valence-corrected chi connectivity index (χ0v) is 12.7. The van der Waals surface area contributed by atoms with Gasteiger partial charge in [0.2, 0.25) is 0 Å². The van der Waals surface area contributed by atoms with Crippen molar-refractivity contribution in [3.63, 3.8) is 0 Å². The third-order valence-electron chi connectivity index (χ3n) is 4.34. The zero-order valence-electron chi connectivity index (χ0n) is 12.7. The molecule has 0 aliphatic carbocycles. The molecule has 1 saturated heterocycles. The van der Waals surface area contributed by atoms with Crippen LogP contribution in [0.5, 0.6) is 0 Å². The van der Waals surface area contributed by atoms with Crippen LogP contribution in [0.2, 0.25) is 0 Å². The van der Waals surface area contributed by atoms with Gasteiger partial charge in [0.05, 0.1) is 12.2 Å². The summed E-state index contributed by atoms with van der Waals surface area (Å²) in [6.07, 6.45) is 4.28.